The molecule has 116 valence electrons. The minimum Gasteiger partial charge on any atom is -0.375 e. The largest absolute Gasteiger partial charge is 0.375 e. The van der Waals surface area contributed by atoms with Crippen molar-refractivity contribution >= 4 is 5.91 Å². The van der Waals surface area contributed by atoms with Crippen LogP contribution in [0.5, 0.6) is 0 Å². The number of hydrogen-bond acceptors (Lipinski definition) is 5. The van der Waals surface area contributed by atoms with Crippen molar-refractivity contribution < 1.29 is 9.53 Å². The molecule has 21 heavy (non-hydrogen) atoms. The number of nitrogens with one attached hydrogen (secondary N) is 1. The number of piperidine rings is 1. The highest BCUT2D eigenvalue weighted by Gasteiger charge is 2.26. The van der Waals surface area contributed by atoms with Crippen molar-refractivity contribution in [3.05, 3.63) is 11.9 Å². The second-order valence-electron chi connectivity index (χ2n) is 5.72. The number of morpholine rings is 1. The summed E-state index contributed by atoms with van der Waals surface area (Å²) in [6.07, 6.45) is 4.93. The fourth-order valence-corrected chi connectivity index (χ4v) is 2.94. The lowest BCUT2D eigenvalue weighted by molar-refractivity contribution is -0.0228. The summed E-state index contributed by atoms with van der Waals surface area (Å²) in [6, 6.07) is 0.355. The fourth-order valence-electron chi connectivity index (χ4n) is 2.94. The number of hydrogen-bond donors (Lipinski definition) is 1. The molecule has 2 aliphatic heterocycles. The summed E-state index contributed by atoms with van der Waals surface area (Å²) in [5.41, 5.74) is 0.449. The first-order chi connectivity index (χ1) is 10.3. The predicted octanol–water partition coefficient (Wildman–Crippen LogP) is 0.454. The third-order valence-electron chi connectivity index (χ3n) is 4.29. The van der Waals surface area contributed by atoms with Gasteiger partial charge in [-0.3, -0.25) is 4.79 Å². The van der Waals surface area contributed by atoms with E-state index in [0.29, 0.717) is 31.4 Å². The van der Waals surface area contributed by atoms with Crippen molar-refractivity contribution in [3.63, 3.8) is 0 Å². The highest BCUT2D eigenvalue weighted by molar-refractivity contribution is 5.92. The Labute approximate surface area is 124 Å². The van der Waals surface area contributed by atoms with Crippen molar-refractivity contribution in [3.8, 4) is 0 Å². The summed E-state index contributed by atoms with van der Waals surface area (Å²) in [7, 11) is 0. The van der Waals surface area contributed by atoms with Gasteiger partial charge in [-0.2, -0.15) is 0 Å². The van der Waals surface area contributed by atoms with Crippen LogP contribution in [0.15, 0.2) is 6.20 Å². The second kappa shape index (κ2) is 6.53. The van der Waals surface area contributed by atoms with Crippen LogP contribution >= 0.6 is 0 Å². The number of amides is 1. The highest BCUT2D eigenvalue weighted by atomic mass is 16.5. The van der Waals surface area contributed by atoms with Crippen molar-refractivity contribution in [1.82, 2.24) is 25.2 Å². The van der Waals surface area contributed by atoms with Gasteiger partial charge in [0, 0.05) is 13.1 Å². The van der Waals surface area contributed by atoms with Crippen LogP contribution in [0.4, 0.5) is 0 Å². The summed E-state index contributed by atoms with van der Waals surface area (Å²) in [6.45, 7) is 5.95. The predicted molar refractivity (Wildman–Crippen MR) is 77.1 cm³/mol. The molecule has 0 aliphatic carbocycles. The van der Waals surface area contributed by atoms with Crippen molar-refractivity contribution in [2.24, 2.45) is 0 Å². The van der Waals surface area contributed by atoms with E-state index in [1.807, 2.05) is 9.58 Å². The van der Waals surface area contributed by atoms with Gasteiger partial charge in [-0.05, 0) is 32.4 Å². The molecule has 7 nitrogen and oxygen atoms in total. The van der Waals surface area contributed by atoms with Crippen LogP contribution in [0.25, 0.3) is 0 Å². The van der Waals surface area contributed by atoms with Gasteiger partial charge in [0.25, 0.3) is 5.91 Å². The molecule has 1 amide bonds. The molecule has 2 saturated heterocycles. The fraction of sp³-hybridized carbons (Fsp3) is 0.786. The maximum Gasteiger partial charge on any atom is 0.276 e. The standard InChI is InChI=1S/C14H23N5O2/c1-2-12-9-18(7-8-21-12)14(20)13-10-19(17-16-13)11-3-5-15-6-4-11/h10-12,15H,2-9H2,1H3. The van der Waals surface area contributed by atoms with Gasteiger partial charge in [0.1, 0.15) is 0 Å². The van der Waals surface area contributed by atoms with Crippen LogP contribution in [0.2, 0.25) is 0 Å². The quantitative estimate of drug-likeness (QED) is 0.876. The lowest BCUT2D eigenvalue weighted by atomic mass is 10.1. The molecule has 0 radical (unpaired) electrons. The van der Waals surface area contributed by atoms with Crippen molar-refractivity contribution in [1.29, 1.82) is 0 Å². The minimum atomic E-state index is -0.0306. The first-order valence-corrected chi connectivity index (χ1v) is 7.81. The van der Waals surface area contributed by atoms with Crippen LogP contribution in [-0.2, 0) is 4.74 Å². The molecular formula is C14H23N5O2. The molecule has 1 aromatic heterocycles. The molecule has 7 heteroatoms. The van der Waals surface area contributed by atoms with E-state index in [-0.39, 0.29) is 12.0 Å². The molecular weight excluding hydrogens is 270 g/mol. The Balaban J connectivity index is 1.66. The van der Waals surface area contributed by atoms with Gasteiger partial charge in [0.15, 0.2) is 5.69 Å². The summed E-state index contributed by atoms with van der Waals surface area (Å²) in [5.74, 6) is -0.0306. The van der Waals surface area contributed by atoms with Gasteiger partial charge in [-0.15, -0.1) is 5.10 Å². The Morgan fingerprint density at radius 1 is 1.48 bits per heavy atom. The zero-order chi connectivity index (χ0) is 14.7. The van der Waals surface area contributed by atoms with Gasteiger partial charge in [0.2, 0.25) is 0 Å². The Kier molecular flexibility index (Phi) is 4.50. The third kappa shape index (κ3) is 3.24. The first kappa shape index (κ1) is 14.5. The van der Waals surface area contributed by atoms with Crippen molar-refractivity contribution in [2.45, 2.75) is 38.3 Å². The van der Waals surface area contributed by atoms with Gasteiger partial charge >= 0.3 is 0 Å². The Morgan fingerprint density at radius 3 is 3.05 bits per heavy atom. The van der Waals surface area contributed by atoms with Gasteiger partial charge in [-0.25, -0.2) is 4.68 Å². The van der Waals surface area contributed by atoms with Crippen LogP contribution in [-0.4, -0.2) is 64.7 Å². The first-order valence-electron chi connectivity index (χ1n) is 7.81. The van der Waals surface area contributed by atoms with E-state index in [1.165, 1.54) is 0 Å². The normalized spacial score (nSPS) is 24.2. The lowest BCUT2D eigenvalue weighted by Crippen LogP contribution is -2.45. The monoisotopic (exact) mass is 293 g/mol. The molecule has 2 fully saturated rings. The number of carbonyl (C=O) groups is 1. The van der Waals surface area contributed by atoms with Crippen LogP contribution in [0.3, 0.4) is 0 Å². The second-order valence-corrected chi connectivity index (χ2v) is 5.72. The lowest BCUT2D eigenvalue weighted by Gasteiger charge is -2.31. The molecule has 0 spiro atoms. The minimum absolute atomic E-state index is 0.0306. The average molecular weight is 293 g/mol. The van der Waals surface area contributed by atoms with Gasteiger partial charge in [-0.1, -0.05) is 12.1 Å². The van der Waals surface area contributed by atoms with Gasteiger partial charge < -0.3 is 15.0 Å². The molecule has 1 aromatic rings. The van der Waals surface area contributed by atoms with E-state index in [9.17, 15) is 4.79 Å². The molecule has 0 saturated carbocycles. The topological polar surface area (TPSA) is 72.3 Å². The van der Waals surface area contributed by atoms with Gasteiger partial charge in [0.05, 0.1) is 24.9 Å². The molecule has 0 bridgehead atoms. The number of aromatic nitrogens is 3. The van der Waals surface area contributed by atoms with Crippen LogP contribution < -0.4 is 5.32 Å². The Bertz CT molecular complexity index is 483. The number of nitrogens with zero attached hydrogens (tertiary/aromatic N) is 4. The van der Waals surface area contributed by atoms with Crippen molar-refractivity contribution in [2.75, 3.05) is 32.8 Å². The van der Waals surface area contributed by atoms with Crippen LogP contribution in [0.1, 0.15) is 42.7 Å². The maximum absolute atomic E-state index is 12.5. The number of rotatable bonds is 3. The summed E-state index contributed by atoms with van der Waals surface area (Å²) >= 11 is 0. The summed E-state index contributed by atoms with van der Waals surface area (Å²) < 4.78 is 7.45. The smallest absolute Gasteiger partial charge is 0.276 e. The SMILES string of the molecule is CCC1CN(C(=O)c2cn(C3CCNCC3)nn2)CCO1. The molecule has 1 unspecified atom stereocenters. The van der Waals surface area contributed by atoms with E-state index >= 15 is 0 Å². The zero-order valence-electron chi connectivity index (χ0n) is 12.5. The average Bonchev–Trinajstić information content (AvgIpc) is 3.05. The van der Waals surface area contributed by atoms with E-state index in [2.05, 4.69) is 22.6 Å². The van der Waals surface area contributed by atoms with E-state index < -0.39 is 0 Å². The molecule has 1 N–H and O–H groups in total. The molecule has 3 heterocycles. The molecule has 3 rings (SSSR count). The van der Waals surface area contributed by atoms with E-state index in [4.69, 9.17) is 4.74 Å². The Hall–Kier alpha value is -1.47. The van der Waals surface area contributed by atoms with E-state index in [0.717, 1.165) is 32.4 Å². The molecule has 0 aromatic carbocycles. The number of carbonyl (C=O) groups excluding carboxylic acids is 1. The summed E-state index contributed by atoms with van der Waals surface area (Å²) in [5, 5.41) is 11.6. The molecule has 1 atom stereocenters. The molecule has 2 aliphatic rings. The van der Waals surface area contributed by atoms with Crippen LogP contribution in [0, 0.1) is 0 Å². The number of ether oxygens (including phenoxy) is 1. The van der Waals surface area contributed by atoms with E-state index in [1.54, 1.807) is 6.20 Å². The highest BCUT2D eigenvalue weighted by Crippen LogP contribution is 2.18. The zero-order valence-corrected chi connectivity index (χ0v) is 12.5. The third-order valence-corrected chi connectivity index (χ3v) is 4.29. The maximum atomic E-state index is 12.5. The summed E-state index contributed by atoms with van der Waals surface area (Å²) in [4.78, 5) is 14.3. The Morgan fingerprint density at radius 2 is 2.29 bits per heavy atom.